The molecular formula is C16H18N2O3. The normalized spacial score (nSPS) is 14.1. The third-order valence-electron chi connectivity index (χ3n) is 3.66. The van der Waals surface area contributed by atoms with E-state index in [9.17, 15) is 9.59 Å². The van der Waals surface area contributed by atoms with Crippen LogP contribution in [-0.2, 0) is 4.79 Å². The smallest absolute Gasteiger partial charge is 0.299 e. The van der Waals surface area contributed by atoms with Gasteiger partial charge in [0, 0.05) is 6.54 Å². The molecule has 0 aromatic heterocycles. The molecule has 0 bridgehead atoms. The predicted molar refractivity (Wildman–Crippen MR) is 78.3 cm³/mol. The molecule has 0 fully saturated rings. The number of ketones is 1. The summed E-state index contributed by atoms with van der Waals surface area (Å²) >= 11 is 0. The number of anilines is 1. The monoisotopic (exact) mass is 286 g/mol. The number of hydrogen-bond donors (Lipinski definition) is 0. The van der Waals surface area contributed by atoms with Crippen LogP contribution in [0.4, 0.5) is 5.69 Å². The number of carbonyl (C=O) groups is 2. The predicted octanol–water partition coefficient (Wildman–Crippen LogP) is 2.55. The lowest BCUT2D eigenvalue weighted by Crippen LogP contribution is -2.31. The Balaban J connectivity index is 2.15. The lowest BCUT2D eigenvalue weighted by atomic mass is 9.90. The van der Waals surface area contributed by atoms with Crippen molar-refractivity contribution in [1.29, 1.82) is 5.26 Å². The Morgan fingerprint density at radius 2 is 2.05 bits per heavy atom. The van der Waals surface area contributed by atoms with Gasteiger partial charge in [-0.15, -0.1) is 0 Å². The summed E-state index contributed by atoms with van der Waals surface area (Å²) in [6, 6.07) is 7.29. The molecule has 0 atom stereocenters. The van der Waals surface area contributed by atoms with Crippen LogP contribution in [0, 0.1) is 16.7 Å². The van der Waals surface area contributed by atoms with E-state index < -0.39 is 17.1 Å². The standard InChI is InChI=1S/C16H18N2O3/c1-16(2,10-17)7-4-8-18-13-6-5-11(21-3)9-12(13)14(19)15(18)20/h5-6,9H,4,7-8H2,1-3H3. The molecular weight excluding hydrogens is 268 g/mol. The first kappa shape index (κ1) is 15.0. The van der Waals surface area contributed by atoms with E-state index in [1.807, 2.05) is 13.8 Å². The van der Waals surface area contributed by atoms with Crippen molar-refractivity contribution in [2.75, 3.05) is 18.6 Å². The minimum Gasteiger partial charge on any atom is -0.497 e. The zero-order chi connectivity index (χ0) is 15.6. The first-order chi connectivity index (χ1) is 9.89. The van der Waals surface area contributed by atoms with Crippen molar-refractivity contribution in [3.05, 3.63) is 23.8 Å². The van der Waals surface area contributed by atoms with Crippen LogP contribution >= 0.6 is 0 Å². The number of nitrogens with zero attached hydrogens (tertiary/aromatic N) is 2. The number of rotatable bonds is 5. The quantitative estimate of drug-likeness (QED) is 0.780. The van der Waals surface area contributed by atoms with Crippen molar-refractivity contribution < 1.29 is 14.3 Å². The van der Waals surface area contributed by atoms with Crippen molar-refractivity contribution in [2.24, 2.45) is 5.41 Å². The summed E-state index contributed by atoms with van der Waals surface area (Å²) in [7, 11) is 1.52. The fraction of sp³-hybridized carbons (Fsp3) is 0.438. The molecule has 110 valence electrons. The Morgan fingerprint density at radius 1 is 1.33 bits per heavy atom. The maximum Gasteiger partial charge on any atom is 0.299 e. The summed E-state index contributed by atoms with van der Waals surface area (Å²) in [5.41, 5.74) is 0.592. The van der Waals surface area contributed by atoms with Crippen LogP contribution < -0.4 is 9.64 Å². The van der Waals surface area contributed by atoms with Gasteiger partial charge in [0.05, 0.1) is 29.8 Å². The molecule has 0 saturated carbocycles. The largest absolute Gasteiger partial charge is 0.497 e. The van der Waals surface area contributed by atoms with Crippen molar-refractivity contribution >= 4 is 17.4 Å². The highest BCUT2D eigenvalue weighted by atomic mass is 16.5. The third kappa shape index (κ3) is 2.89. The number of ether oxygens (including phenoxy) is 1. The molecule has 0 radical (unpaired) electrons. The van der Waals surface area contributed by atoms with E-state index >= 15 is 0 Å². The van der Waals surface area contributed by atoms with E-state index in [0.29, 0.717) is 36.4 Å². The molecule has 1 aromatic rings. The van der Waals surface area contributed by atoms with Gasteiger partial charge in [0.2, 0.25) is 0 Å². The second-order valence-electron chi connectivity index (χ2n) is 5.77. The second kappa shape index (κ2) is 5.57. The van der Waals surface area contributed by atoms with Gasteiger partial charge in [-0.3, -0.25) is 9.59 Å². The Labute approximate surface area is 124 Å². The zero-order valence-electron chi connectivity index (χ0n) is 12.5. The number of fused-ring (bicyclic) bond motifs is 1. The number of benzene rings is 1. The highest BCUT2D eigenvalue weighted by Gasteiger charge is 2.35. The maximum atomic E-state index is 12.1. The van der Waals surface area contributed by atoms with E-state index in [0.717, 1.165) is 0 Å². The molecule has 5 nitrogen and oxygen atoms in total. The van der Waals surface area contributed by atoms with Crippen LogP contribution in [0.2, 0.25) is 0 Å². The van der Waals surface area contributed by atoms with E-state index in [4.69, 9.17) is 10.00 Å². The molecule has 1 aliphatic heterocycles. The van der Waals surface area contributed by atoms with E-state index in [-0.39, 0.29) is 0 Å². The third-order valence-corrected chi connectivity index (χ3v) is 3.66. The average Bonchev–Trinajstić information content (AvgIpc) is 2.71. The summed E-state index contributed by atoms with van der Waals surface area (Å²) in [6.45, 7) is 4.17. The highest BCUT2D eigenvalue weighted by molar-refractivity contribution is 6.52. The van der Waals surface area contributed by atoms with Gasteiger partial charge in [0.15, 0.2) is 0 Å². The SMILES string of the molecule is COc1ccc2c(c1)C(=O)C(=O)N2CCCC(C)(C)C#N. The number of amides is 1. The summed E-state index contributed by atoms with van der Waals surface area (Å²) in [5, 5.41) is 9.00. The summed E-state index contributed by atoms with van der Waals surface area (Å²) in [4.78, 5) is 25.5. The Bertz CT molecular complexity index is 629. The van der Waals surface area contributed by atoms with E-state index in [1.165, 1.54) is 12.0 Å². The minimum absolute atomic E-state index is 0.388. The fourth-order valence-corrected chi connectivity index (χ4v) is 2.36. The summed E-state index contributed by atoms with van der Waals surface area (Å²) in [6.07, 6.45) is 1.35. The summed E-state index contributed by atoms with van der Waals surface area (Å²) in [5.74, 6) is -0.446. The van der Waals surface area contributed by atoms with Gasteiger partial charge in [-0.05, 0) is 44.9 Å². The molecule has 1 amide bonds. The van der Waals surface area contributed by atoms with Crippen molar-refractivity contribution in [3.8, 4) is 11.8 Å². The van der Waals surface area contributed by atoms with Crippen LogP contribution in [0.1, 0.15) is 37.0 Å². The molecule has 0 N–H and O–H groups in total. The van der Waals surface area contributed by atoms with Crippen LogP contribution in [0.15, 0.2) is 18.2 Å². The van der Waals surface area contributed by atoms with Crippen LogP contribution in [-0.4, -0.2) is 25.3 Å². The van der Waals surface area contributed by atoms with Crippen LogP contribution in [0.3, 0.4) is 0 Å². The lowest BCUT2D eigenvalue weighted by molar-refractivity contribution is -0.114. The molecule has 0 unspecified atom stereocenters. The second-order valence-corrected chi connectivity index (χ2v) is 5.77. The Kier molecular flexibility index (Phi) is 3.99. The highest BCUT2D eigenvalue weighted by Crippen LogP contribution is 2.32. The fourth-order valence-electron chi connectivity index (χ4n) is 2.36. The zero-order valence-corrected chi connectivity index (χ0v) is 12.5. The van der Waals surface area contributed by atoms with Gasteiger partial charge in [-0.25, -0.2) is 0 Å². The Morgan fingerprint density at radius 3 is 2.67 bits per heavy atom. The number of nitriles is 1. The average molecular weight is 286 g/mol. The van der Waals surface area contributed by atoms with Gasteiger partial charge >= 0.3 is 0 Å². The molecule has 0 saturated heterocycles. The summed E-state index contributed by atoms with van der Waals surface area (Å²) < 4.78 is 5.08. The lowest BCUT2D eigenvalue weighted by Gasteiger charge is -2.19. The molecule has 21 heavy (non-hydrogen) atoms. The van der Waals surface area contributed by atoms with E-state index in [1.54, 1.807) is 18.2 Å². The van der Waals surface area contributed by atoms with Gasteiger partial charge in [0.1, 0.15) is 5.75 Å². The van der Waals surface area contributed by atoms with E-state index in [2.05, 4.69) is 6.07 Å². The first-order valence-corrected chi connectivity index (χ1v) is 6.85. The van der Waals surface area contributed by atoms with Gasteiger partial charge in [-0.1, -0.05) is 0 Å². The molecule has 0 spiro atoms. The topological polar surface area (TPSA) is 70.4 Å². The molecule has 0 aliphatic carbocycles. The number of hydrogen-bond acceptors (Lipinski definition) is 4. The van der Waals surface area contributed by atoms with Crippen molar-refractivity contribution in [1.82, 2.24) is 0 Å². The molecule has 1 aliphatic rings. The number of Topliss-reactive ketones (excluding diaryl/α,β-unsaturated/α-hetero) is 1. The number of carbonyl (C=O) groups excluding carboxylic acids is 2. The molecule has 5 heteroatoms. The van der Waals surface area contributed by atoms with Gasteiger partial charge in [-0.2, -0.15) is 5.26 Å². The molecule has 1 aromatic carbocycles. The van der Waals surface area contributed by atoms with Gasteiger partial charge < -0.3 is 9.64 Å². The molecule has 1 heterocycles. The maximum absolute atomic E-state index is 12.1. The first-order valence-electron chi connectivity index (χ1n) is 6.85. The van der Waals surface area contributed by atoms with Crippen molar-refractivity contribution in [2.45, 2.75) is 26.7 Å². The van der Waals surface area contributed by atoms with Crippen LogP contribution in [0.25, 0.3) is 0 Å². The van der Waals surface area contributed by atoms with Gasteiger partial charge in [0.25, 0.3) is 11.7 Å². The van der Waals surface area contributed by atoms with Crippen LogP contribution in [0.5, 0.6) is 5.75 Å². The number of methoxy groups -OCH3 is 1. The molecule has 2 rings (SSSR count). The van der Waals surface area contributed by atoms with Crippen molar-refractivity contribution in [3.63, 3.8) is 0 Å². The minimum atomic E-state index is -0.506. The Hall–Kier alpha value is -2.35.